The van der Waals surface area contributed by atoms with Gasteiger partial charge >= 0.3 is 0 Å². The Kier molecular flexibility index (Phi) is 4.58. The Labute approximate surface area is 113 Å². The molecule has 0 atom stereocenters. The third kappa shape index (κ3) is 3.86. The molecule has 2 aromatic rings. The maximum atomic E-state index is 12.8. The van der Waals surface area contributed by atoms with E-state index < -0.39 is 0 Å². The monoisotopic (exact) mass is 253 g/mol. The van der Waals surface area contributed by atoms with Crippen molar-refractivity contribution in [3.05, 3.63) is 65.5 Å². The zero-order chi connectivity index (χ0) is 13.5. The summed E-state index contributed by atoms with van der Waals surface area (Å²) >= 11 is 0. The average Bonchev–Trinajstić information content (AvgIpc) is 2.43. The molecular weight excluding hydrogens is 237 g/mol. The van der Waals surface area contributed by atoms with Gasteiger partial charge < -0.3 is 5.32 Å². The molecule has 0 heterocycles. The highest BCUT2D eigenvalue weighted by atomic mass is 19.1. The van der Waals surface area contributed by atoms with Crippen molar-refractivity contribution in [1.29, 1.82) is 0 Å². The van der Waals surface area contributed by atoms with E-state index in [0.29, 0.717) is 6.42 Å². The summed E-state index contributed by atoms with van der Waals surface area (Å²) in [5.41, 5.74) is 3.31. The standard InChI is InChI=1S/C17H16FN/c1-2-5-15-6-3-4-7-17(15)19-13-12-14-8-10-16(18)11-9-14/h1,3-4,6-11,19H,5,12-13H2. The lowest BCUT2D eigenvalue weighted by atomic mass is 10.1. The molecule has 96 valence electrons. The summed E-state index contributed by atoms with van der Waals surface area (Å²) in [5.74, 6) is 2.46. The van der Waals surface area contributed by atoms with Gasteiger partial charge in [-0.15, -0.1) is 12.3 Å². The summed E-state index contributed by atoms with van der Waals surface area (Å²) in [6.07, 6.45) is 6.83. The summed E-state index contributed by atoms with van der Waals surface area (Å²) in [6, 6.07) is 14.6. The Bertz CT molecular complexity index is 567. The van der Waals surface area contributed by atoms with Crippen molar-refractivity contribution in [1.82, 2.24) is 0 Å². The Balaban J connectivity index is 1.92. The van der Waals surface area contributed by atoms with Crippen molar-refractivity contribution >= 4 is 5.69 Å². The van der Waals surface area contributed by atoms with E-state index in [9.17, 15) is 4.39 Å². The smallest absolute Gasteiger partial charge is 0.123 e. The first kappa shape index (κ1) is 13.2. The lowest BCUT2D eigenvalue weighted by Gasteiger charge is -2.10. The molecule has 0 bridgehead atoms. The first-order valence-corrected chi connectivity index (χ1v) is 6.29. The van der Waals surface area contributed by atoms with Crippen LogP contribution in [0.25, 0.3) is 0 Å². The Morgan fingerprint density at radius 2 is 1.79 bits per heavy atom. The van der Waals surface area contributed by atoms with Gasteiger partial charge in [0.05, 0.1) is 0 Å². The summed E-state index contributed by atoms with van der Waals surface area (Å²) in [7, 11) is 0. The van der Waals surface area contributed by atoms with Crippen LogP contribution in [0.5, 0.6) is 0 Å². The summed E-state index contributed by atoms with van der Waals surface area (Å²) < 4.78 is 12.8. The second kappa shape index (κ2) is 6.61. The molecule has 2 rings (SSSR count). The molecular formula is C17H16FN. The molecule has 0 amide bonds. The van der Waals surface area contributed by atoms with Crippen LogP contribution in [0.2, 0.25) is 0 Å². The molecule has 0 aromatic heterocycles. The number of benzene rings is 2. The number of hydrogen-bond donors (Lipinski definition) is 1. The van der Waals surface area contributed by atoms with Gasteiger partial charge in [0.15, 0.2) is 0 Å². The second-order valence-corrected chi connectivity index (χ2v) is 4.34. The van der Waals surface area contributed by atoms with Gasteiger partial charge in [0, 0.05) is 18.7 Å². The minimum atomic E-state index is -0.198. The van der Waals surface area contributed by atoms with E-state index >= 15 is 0 Å². The molecule has 2 aromatic carbocycles. The zero-order valence-electron chi connectivity index (χ0n) is 10.7. The minimum Gasteiger partial charge on any atom is -0.384 e. The molecule has 1 nitrogen and oxygen atoms in total. The van der Waals surface area contributed by atoms with Gasteiger partial charge in [-0.3, -0.25) is 0 Å². The van der Waals surface area contributed by atoms with Crippen LogP contribution in [-0.4, -0.2) is 6.54 Å². The van der Waals surface area contributed by atoms with Crippen molar-refractivity contribution in [2.24, 2.45) is 0 Å². The minimum absolute atomic E-state index is 0.198. The third-order valence-corrected chi connectivity index (χ3v) is 2.95. The van der Waals surface area contributed by atoms with Gasteiger partial charge in [-0.1, -0.05) is 30.3 Å². The molecule has 0 aliphatic carbocycles. The Morgan fingerprint density at radius 1 is 1.05 bits per heavy atom. The van der Waals surface area contributed by atoms with Crippen LogP contribution in [0.1, 0.15) is 11.1 Å². The second-order valence-electron chi connectivity index (χ2n) is 4.34. The lowest BCUT2D eigenvalue weighted by molar-refractivity contribution is 0.627. The molecule has 19 heavy (non-hydrogen) atoms. The van der Waals surface area contributed by atoms with E-state index in [4.69, 9.17) is 6.42 Å². The number of para-hydroxylation sites is 1. The third-order valence-electron chi connectivity index (χ3n) is 2.95. The van der Waals surface area contributed by atoms with Crippen molar-refractivity contribution in [3.8, 4) is 12.3 Å². The van der Waals surface area contributed by atoms with Crippen LogP contribution in [0.3, 0.4) is 0 Å². The van der Waals surface area contributed by atoms with Crippen LogP contribution in [0.4, 0.5) is 10.1 Å². The lowest BCUT2D eigenvalue weighted by Crippen LogP contribution is -2.06. The topological polar surface area (TPSA) is 12.0 Å². The normalized spacial score (nSPS) is 9.89. The van der Waals surface area contributed by atoms with Gasteiger partial charge in [-0.25, -0.2) is 4.39 Å². The van der Waals surface area contributed by atoms with Gasteiger partial charge in [-0.05, 0) is 35.7 Å². The molecule has 0 radical (unpaired) electrons. The van der Waals surface area contributed by atoms with Crippen molar-refractivity contribution in [2.75, 3.05) is 11.9 Å². The largest absolute Gasteiger partial charge is 0.384 e. The molecule has 0 saturated carbocycles. The fourth-order valence-electron chi connectivity index (χ4n) is 1.95. The molecule has 2 heteroatoms. The zero-order valence-corrected chi connectivity index (χ0v) is 10.7. The molecule has 0 aliphatic rings. The number of nitrogens with one attached hydrogen (secondary N) is 1. The van der Waals surface area contributed by atoms with Gasteiger partial charge in [0.2, 0.25) is 0 Å². The van der Waals surface area contributed by atoms with E-state index in [-0.39, 0.29) is 5.82 Å². The van der Waals surface area contributed by atoms with Crippen LogP contribution >= 0.6 is 0 Å². The van der Waals surface area contributed by atoms with Crippen LogP contribution in [0, 0.1) is 18.2 Å². The average molecular weight is 253 g/mol. The molecule has 0 saturated heterocycles. The van der Waals surface area contributed by atoms with Gasteiger partial charge in [-0.2, -0.15) is 0 Å². The molecule has 0 aliphatic heterocycles. The maximum Gasteiger partial charge on any atom is 0.123 e. The summed E-state index contributed by atoms with van der Waals surface area (Å²) in [6.45, 7) is 0.799. The predicted molar refractivity (Wildman–Crippen MR) is 77.6 cm³/mol. The first-order valence-electron chi connectivity index (χ1n) is 6.29. The number of anilines is 1. The highest BCUT2D eigenvalue weighted by molar-refractivity contribution is 5.52. The number of hydrogen-bond acceptors (Lipinski definition) is 1. The highest BCUT2D eigenvalue weighted by Crippen LogP contribution is 2.15. The molecule has 0 unspecified atom stereocenters. The van der Waals surface area contributed by atoms with Gasteiger partial charge in [0.25, 0.3) is 0 Å². The summed E-state index contributed by atoms with van der Waals surface area (Å²) in [4.78, 5) is 0. The predicted octanol–water partition coefficient (Wildman–Crippen LogP) is 3.66. The summed E-state index contributed by atoms with van der Waals surface area (Å²) in [5, 5.41) is 3.37. The maximum absolute atomic E-state index is 12.8. The van der Waals surface area contributed by atoms with E-state index in [2.05, 4.69) is 11.2 Å². The van der Waals surface area contributed by atoms with Crippen molar-refractivity contribution in [3.63, 3.8) is 0 Å². The fourth-order valence-corrected chi connectivity index (χ4v) is 1.95. The van der Waals surface area contributed by atoms with Crippen LogP contribution in [0.15, 0.2) is 48.5 Å². The van der Waals surface area contributed by atoms with Gasteiger partial charge in [0.1, 0.15) is 5.82 Å². The van der Waals surface area contributed by atoms with E-state index in [1.165, 1.54) is 12.1 Å². The van der Waals surface area contributed by atoms with E-state index in [1.807, 2.05) is 36.4 Å². The molecule has 1 N–H and O–H groups in total. The number of halogens is 1. The highest BCUT2D eigenvalue weighted by Gasteiger charge is 2.00. The first-order chi connectivity index (χ1) is 9.29. The van der Waals surface area contributed by atoms with Crippen molar-refractivity contribution in [2.45, 2.75) is 12.8 Å². The number of terminal acetylenes is 1. The molecule has 0 spiro atoms. The molecule has 0 fully saturated rings. The quantitative estimate of drug-likeness (QED) is 0.802. The van der Waals surface area contributed by atoms with Crippen molar-refractivity contribution < 1.29 is 4.39 Å². The van der Waals surface area contributed by atoms with Crippen LogP contribution in [-0.2, 0) is 12.8 Å². The van der Waals surface area contributed by atoms with Crippen LogP contribution < -0.4 is 5.32 Å². The van der Waals surface area contributed by atoms with E-state index in [0.717, 1.165) is 29.8 Å². The van der Waals surface area contributed by atoms with E-state index in [1.54, 1.807) is 0 Å². The Morgan fingerprint density at radius 3 is 2.53 bits per heavy atom. The fraction of sp³-hybridized carbons (Fsp3) is 0.176. The SMILES string of the molecule is C#CCc1ccccc1NCCc1ccc(F)cc1. The Hall–Kier alpha value is -2.27. The number of rotatable bonds is 5.